The summed E-state index contributed by atoms with van der Waals surface area (Å²) in [5.41, 5.74) is 1.55. The van der Waals surface area contributed by atoms with Gasteiger partial charge in [0.25, 0.3) is 5.91 Å². The third-order valence-corrected chi connectivity index (χ3v) is 4.42. The molecule has 0 saturated carbocycles. The van der Waals surface area contributed by atoms with Crippen LogP contribution in [0.4, 0.5) is 0 Å². The first kappa shape index (κ1) is 19.9. The molecule has 0 saturated heterocycles. The van der Waals surface area contributed by atoms with Crippen LogP contribution in [0.2, 0.25) is 0 Å². The Morgan fingerprint density at radius 1 is 1.46 bits per heavy atom. The Bertz CT molecular complexity index is 768. The maximum Gasteiger partial charge on any atom is 0.263 e. The van der Waals surface area contributed by atoms with Gasteiger partial charge in [-0.1, -0.05) is 0 Å². The molecule has 0 unspecified atom stereocenters. The number of nitrogens with one attached hydrogen (secondary N) is 1. The van der Waals surface area contributed by atoms with Gasteiger partial charge < -0.3 is 15.3 Å². The Balaban J connectivity index is 0.00000288. The molecule has 2 rings (SSSR count). The van der Waals surface area contributed by atoms with Crippen molar-refractivity contribution in [2.45, 2.75) is 6.92 Å². The maximum atomic E-state index is 12.2. The van der Waals surface area contributed by atoms with Crippen LogP contribution >= 0.6 is 23.7 Å². The molecule has 1 aromatic heterocycles. The van der Waals surface area contributed by atoms with Crippen LogP contribution in [-0.4, -0.2) is 48.1 Å². The van der Waals surface area contributed by atoms with Crippen LogP contribution in [-0.2, 0) is 0 Å². The number of aryl methyl sites for hydroxylation is 1. The van der Waals surface area contributed by atoms with Gasteiger partial charge in [-0.2, -0.15) is 5.26 Å². The second-order valence-corrected chi connectivity index (χ2v) is 6.34. The summed E-state index contributed by atoms with van der Waals surface area (Å²) in [5, 5.41) is 22.1. The van der Waals surface area contributed by atoms with E-state index in [9.17, 15) is 9.90 Å². The predicted molar refractivity (Wildman–Crippen MR) is 96.8 cm³/mol. The van der Waals surface area contributed by atoms with Crippen molar-refractivity contribution in [2.24, 2.45) is 0 Å². The number of hydrogen-bond acceptors (Lipinski definition) is 6. The molecule has 0 aliphatic carbocycles. The van der Waals surface area contributed by atoms with E-state index in [0.29, 0.717) is 27.7 Å². The Hall–Kier alpha value is -2.14. The highest BCUT2D eigenvalue weighted by atomic mass is 35.5. The van der Waals surface area contributed by atoms with E-state index < -0.39 is 0 Å². The van der Waals surface area contributed by atoms with E-state index >= 15 is 0 Å². The summed E-state index contributed by atoms with van der Waals surface area (Å²) in [5.74, 6) is -0.210. The normalized spacial score (nSPS) is 10.1. The SMILES string of the molecule is Cc1nc(-c2ccc(O)c(C#N)c2)sc1C(=O)NCCN(C)C.Cl. The van der Waals surface area contributed by atoms with E-state index in [1.165, 1.54) is 17.4 Å². The molecule has 1 amide bonds. The molecule has 0 radical (unpaired) electrons. The number of halogens is 1. The Morgan fingerprint density at radius 2 is 2.17 bits per heavy atom. The molecule has 2 aromatic rings. The number of likely N-dealkylation sites (N-methyl/N-ethyl adjacent to an activating group) is 1. The molecule has 8 heteroatoms. The van der Waals surface area contributed by atoms with Crippen molar-refractivity contribution in [1.82, 2.24) is 15.2 Å². The lowest BCUT2D eigenvalue weighted by atomic mass is 10.1. The fourth-order valence-electron chi connectivity index (χ4n) is 1.96. The van der Waals surface area contributed by atoms with Gasteiger partial charge in [-0.15, -0.1) is 23.7 Å². The third-order valence-electron chi connectivity index (χ3n) is 3.21. The van der Waals surface area contributed by atoms with Gasteiger partial charge in [0.05, 0.1) is 11.3 Å². The number of nitrogens with zero attached hydrogens (tertiary/aromatic N) is 3. The molecule has 0 bridgehead atoms. The van der Waals surface area contributed by atoms with Gasteiger partial charge >= 0.3 is 0 Å². The Labute approximate surface area is 151 Å². The first-order valence-electron chi connectivity index (χ1n) is 7.06. The smallest absolute Gasteiger partial charge is 0.263 e. The van der Waals surface area contributed by atoms with E-state index in [4.69, 9.17) is 5.26 Å². The van der Waals surface area contributed by atoms with Crippen LogP contribution in [0, 0.1) is 18.3 Å². The minimum atomic E-state index is -0.146. The van der Waals surface area contributed by atoms with Crippen molar-refractivity contribution in [3.63, 3.8) is 0 Å². The lowest BCUT2D eigenvalue weighted by Gasteiger charge is -2.09. The van der Waals surface area contributed by atoms with Crippen LogP contribution in [0.5, 0.6) is 5.75 Å². The van der Waals surface area contributed by atoms with Crippen LogP contribution in [0.25, 0.3) is 10.6 Å². The molecule has 0 fully saturated rings. The molecule has 0 aliphatic rings. The van der Waals surface area contributed by atoms with Crippen molar-refractivity contribution in [2.75, 3.05) is 27.2 Å². The summed E-state index contributed by atoms with van der Waals surface area (Å²) in [7, 11) is 3.89. The van der Waals surface area contributed by atoms with E-state index in [1.54, 1.807) is 19.1 Å². The molecule has 2 N–H and O–H groups in total. The van der Waals surface area contributed by atoms with E-state index in [-0.39, 0.29) is 29.6 Å². The molecule has 24 heavy (non-hydrogen) atoms. The van der Waals surface area contributed by atoms with Crippen molar-refractivity contribution in [1.29, 1.82) is 5.26 Å². The first-order valence-corrected chi connectivity index (χ1v) is 7.88. The average molecular weight is 367 g/mol. The number of carbonyl (C=O) groups is 1. The summed E-state index contributed by atoms with van der Waals surface area (Å²) in [4.78, 5) is 19.2. The van der Waals surface area contributed by atoms with Crippen molar-refractivity contribution in [3.8, 4) is 22.4 Å². The average Bonchev–Trinajstić information content (AvgIpc) is 2.89. The first-order chi connectivity index (χ1) is 10.9. The number of benzene rings is 1. The zero-order valence-electron chi connectivity index (χ0n) is 13.7. The Morgan fingerprint density at radius 3 is 2.79 bits per heavy atom. The number of phenols is 1. The summed E-state index contributed by atoms with van der Waals surface area (Å²) in [6.45, 7) is 3.11. The summed E-state index contributed by atoms with van der Waals surface area (Å²) in [6, 6.07) is 6.64. The van der Waals surface area contributed by atoms with Crippen LogP contribution in [0.1, 0.15) is 20.9 Å². The number of thiazole rings is 1. The van der Waals surface area contributed by atoms with Crippen molar-refractivity contribution >= 4 is 29.7 Å². The fraction of sp³-hybridized carbons (Fsp3) is 0.312. The highest BCUT2D eigenvalue weighted by molar-refractivity contribution is 7.17. The van der Waals surface area contributed by atoms with Crippen molar-refractivity contribution in [3.05, 3.63) is 34.3 Å². The predicted octanol–water partition coefficient (Wildman–Crippen LogP) is 2.41. The molecule has 0 atom stereocenters. The summed E-state index contributed by atoms with van der Waals surface area (Å²) in [6.07, 6.45) is 0. The lowest BCUT2D eigenvalue weighted by Crippen LogP contribution is -2.31. The second-order valence-electron chi connectivity index (χ2n) is 5.34. The number of hydrogen-bond donors (Lipinski definition) is 2. The number of phenolic OH excluding ortho intramolecular Hbond substituents is 1. The zero-order valence-corrected chi connectivity index (χ0v) is 15.3. The molecule has 0 aliphatic heterocycles. The molecule has 6 nitrogen and oxygen atoms in total. The third kappa shape index (κ3) is 4.68. The topological polar surface area (TPSA) is 89.2 Å². The van der Waals surface area contributed by atoms with Crippen LogP contribution in [0.15, 0.2) is 18.2 Å². The fourth-order valence-corrected chi connectivity index (χ4v) is 2.94. The van der Waals surface area contributed by atoms with E-state index in [2.05, 4.69) is 10.3 Å². The minimum Gasteiger partial charge on any atom is -0.507 e. The Kier molecular flexibility index (Phi) is 7.17. The largest absolute Gasteiger partial charge is 0.507 e. The van der Waals surface area contributed by atoms with Crippen LogP contribution in [0.3, 0.4) is 0 Å². The number of aromatic hydroxyl groups is 1. The van der Waals surface area contributed by atoms with E-state index in [0.717, 1.165) is 6.54 Å². The van der Waals surface area contributed by atoms with E-state index in [1.807, 2.05) is 25.1 Å². The standard InChI is InChI=1S/C16H18N4O2S.ClH/c1-10-14(15(22)18-6-7-20(2)3)23-16(19-10)11-4-5-13(21)12(8-11)9-17;/h4-5,8,21H,6-7H2,1-3H3,(H,18,22);1H. The summed E-state index contributed by atoms with van der Waals surface area (Å²) < 4.78 is 0. The molecule has 1 aromatic carbocycles. The maximum absolute atomic E-state index is 12.2. The van der Waals surface area contributed by atoms with Gasteiger partial charge in [-0.25, -0.2) is 4.98 Å². The van der Waals surface area contributed by atoms with Gasteiger partial charge in [0.2, 0.25) is 0 Å². The molecular weight excluding hydrogens is 348 g/mol. The van der Waals surface area contributed by atoms with Gasteiger partial charge in [-0.05, 0) is 39.2 Å². The number of aromatic nitrogens is 1. The number of nitriles is 1. The number of rotatable bonds is 5. The van der Waals surface area contributed by atoms with Gasteiger partial charge in [-0.3, -0.25) is 4.79 Å². The quantitative estimate of drug-likeness (QED) is 0.848. The lowest BCUT2D eigenvalue weighted by molar-refractivity contribution is 0.0954. The van der Waals surface area contributed by atoms with Gasteiger partial charge in [0, 0.05) is 18.7 Å². The molecule has 1 heterocycles. The van der Waals surface area contributed by atoms with Gasteiger partial charge in [0.1, 0.15) is 21.7 Å². The molecular formula is C16H19ClN4O2S. The minimum absolute atomic E-state index is 0. The number of amides is 1. The van der Waals surface area contributed by atoms with Crippen molar-refractivity contribution < 1.29 is 9.90 Å². The van der Waals surface area contributed by atoms with Gasteiger partial charge in [0.15, 0.2) is 0 Å². The zero-order chi connectivity index (χ0) is 17.0. The molecule has 128 valence electrons. The number of carbonyl (C=O) groups excluding carboxylic acids is 1. The second kappa shape index (κ2) is 8.64. The highest BCUT2D eigenvalue weighted by Crippen LogP contribution is 2.30. The van der Waals surface area contributed by atoms with Crippen LogP contribution < -0.4 is 5.32 Å². The summed E-state index contributed by atoms with van der Waals surface area (Å²) >= 11 is 1.28. The molecule has 0 spiro atoms. The monoisotopic (exact) mass is 366 g/mol. The highest BCUT2D eigenvalue weighted by Gasteiger charge is 2.16.